The van der Waals surface area contributed by atoms with E-state index in [0.29, 0.717) is 30.3 Å². The maximum atomic E-state index is 12.8. The molecule has 7 heteroatoms. The fourth-order valence-corrected chi connectivity index (χ4v) is 4.08. The van der Waals surface area contributed by atoms with Crippen LogP contribution in [0.15, 0.2) is 42.7 Å². The number of aryl methyl sites for hydroxylation is 1. The molecule has 4 N–H and O–H groups in total. The summed E-state index contributed by atoms with van der Waals surface area (Å²) in [6.45, 7) is 9.17. The fourth-order valence-electron chi connectivity index (χ4n) is 4.08. The molecule has 170 valence electrons. The quantitative estimate of drug-likeness (QED) is 0.329. The molecular formula is C26H29N5O2. The minimum Gasteiger partial charge on any atom is -0.358 e. The Labute approximate surface area is 193 Å². The van der Waals surface area contributed by atoms with E-state index in [4.69, 9.17) is 0 Å². The Bertz CT molecular complexity index is 1220. The van der Waals surface area contributed by atoms with E-state index < -0.39 is 0 Å². The number of pyridine rings is 1. The number of nitrogens with one attached hydrogen (secondary N) is 4. The highest BCUT2D eigenvalue weighted by Crippen LogP contribution is 2.36. The number of carbonyl (C=O) groups excluding carboxylic acids is 2. The summed E-state index contributed by atoms with van der Waals surface area (Å²) < 4.78 is 0. The molecule has 0 unspecified atom stereocenters. The van der Waals surface area contributed by atoms with Crippen LogP contribution in [-0.2, 0) is 4.79 Å². The van der Waals surface area contributed by atoms with Gasteiger partial charge in [0.05, 0.1) is 11.1 Å². The first-order valence-corrected chi connectivity index (χ1v) is 11.1. The van der Waals surface area contributed by atoms with Gasteiger partial charge in [0.2, 0.25) is 0 Å². The minimum absolute atomic E-state index is 0.117. The number of rotatable bonds is 7. The summed E-state index contributed by atoms with van der Waals surface area (Å²) in [4.78, 5) is 33.0. The van der Waals surface area contributed by atoms with Crippen LogP contribution in [0, 0.1) is 13.8 Å². The number of aromatic amines is 1. The molecule has 2 amide bonds. The Morgan fingerprint density at radius 2 is 1.97 bits per heavy atom. The summed E-state index contributed by atoms with van der Waals surface area (Å²) in [5.74, 6) is -0.278. The zero-order valence-corrected chi connectivity index (χ0v) is 19.4. The van der Waals surface area contributed by atoms with Gasteiger partial charge in [-0.25, -0.2) is 0 Å². The van der Waals surface area contributed by atoms with E-state index in [-0.39, 0.29) is 11.8 Å². The Morgan fingerprint density at radius 1 is 1.15 bits per heavy atom. The van der Waals surface area contributed by atoms with Crippen LogP contribution in [0.1, 0.15) is 46.7 Å². The van der Waals surface area contributed by atoms with Gasteiger partial charge in [-0.05, 0) is 43.2 Å². The number of carbonyl (C=O) groups is 2. The molecule has 1 aliphatic rings. The van der Waals surface area contributed by atoms with Crippen LogP contribution >= 0.6 is 0 Å². The van der Waals surface area contributed by atoms with E-state index in [1.807, 2.05) is 50.3 Å². The van der Waals surface area contributed by atoms with Crippen molar-refractivity contribution in [3.8, 4) is 11.1 Å². The number of nitrogens with zero attached hydrogens (tertiary/aromatic N) is 1. The summed E-state index contributed by atoms with van der Waals surface area (Å²) in [5.41, 5.74) is 7.13. The van der Waals surface area contributed by atoms with E-state index >= 15 is 0 Å². The molecular weight excluding hydrogens is 414 g/mol. The molecule has 4 rings (SSSR count). The van der Waals surface area contributed by atoms with Gasteiger partial charge >= 0.3 is 0 Å². The number of H-pyrrole nitrogens is 1. The lowest BCUT2D eigenvalue weighted by Crippen LogP contribution is -2.34. The molecule has 1 aliphatic heterocycles. The monoisotopic (exact) mass is 443 g/mol. The highest BCUT2D eigenvalue weighted by molar-refractivity contribution is 6.35. The zero-order valence-electron chi connectivity index (χ0n) is 19.4. The van der Waals surface area contributed by atoms with Gasteiger partial charge in [0.15, 0.2) is 0 Å². The normalized spacial score (nSPS) is 14.0. The number of fused-ring (bicyclic) bond motifs is 1. The van der Waals surface area contributed by atoms with Gasteiger partial charge in [0, 0.05) is 59.7 Å². The SMILES string of the molecule is Cc1[nH]c(C=C2C(=O)Nc3cc(-c4cccnc4)ccc32)c(C)c1C(=O)NCCNC(C)C. The second-order valence-electron chi connectivity index (χ2n) is 8.54. The largest absolute Gasteiger partial charge is 0.358 e. The molecule has 2 aromatic heterocycles. The van der Waals surface area contributed by atoms with Crippen LogP contribution in [0.4, 0.5) is 5.69 Å². The molecule has 0 saturated heterocycles. The van der Waals surface area contributed by atoms with E-state index in [1.54, 1.807) is 12.4 Å². The molecule has 33 heavy (non-hydrogen) atoms. The average molecular weight is 444 g/mol. The first-order valence-electron chi connectivity index (χ1n) is 11.1. The van der Waals surface area contributed by atoms with Crippen molar-refractivity contribution in [3.63, 3.8) is 0 Å². The van der Waals surface area contributed by atoms with Crippen LogP contribution in [0.3, 0.4) is 0 Å². The van der Waals surface area contributed by atoms with E-state index in [0.717, 1.165) is 39.3 Å². The first kappa shape index (κ1) is 22.5. The Balaban J connectivity index is 1.58. The lowest BCUT2D eigenvalue weighted by molar-refractivity contribution is -0.110. The van der Waals surface area contributed by atoms with Crippen LogP contribution < -0.4 is 16.0 Å². The molecule has 3 aromatic rings. The lowest BCUT2D eigenvalue weighted by Gasteiger charge is -2.09. The van der Waals surface area contributed by atoms with Crippen molar-refractivity contribution in [1.82, 2.24) is 20.6 Å². The number of anilines is 1. The number of hydrogen-bond acceptors (Lipinski definition) is 4. The highest BCUT2D eigenvalue weighted by Gasteiger charge is 2.26. The number of hydrogen-bond donors (Lipinski definition) is 4. The third kappa shape index (κ3) is 4.73. The van der Waals surface area contributed by atoms with E-state index in [9.17, 15) is 9.59 Å². The molecule has 3 heterocycles. The molecule has 0 saturated carbocycles. The summed E-state index contributed by atoms with van der Waals surface area (Å²) in [7, 11) is 0. The van der Waals surface area contributed by atoms with Crippen LogP contribution in [0.25, 0.3) is 22.8 Å². The summed E-state index contributed by atoms with van der Waals surface area (Å²) in [6.07, 6.45) is 5.35. The van der Waals surface area contributed by atoms with Gasteiger partial charge in [-0.1, -0.05) is 32.0 Å². The number of amides is 2. The van der Waals surface area contributed by atoms with Gasteiger partial charge < -0.3 is 20.9 Å². The topological polar surface area (TPSA) is 98.9 Å². The number of aromatic nitrogens is 2. The van der Waals surface area contributed by atoms with E-state index in [2.05, 4.69) is 39.8 Å². The second-order valence-corrected chi connectivity index (χ2v) is 8.54. The Kier molecular flexibility index (Phi) is 6.42. The lowest BCUT2D eigenvalue weighted by atomic mass is 10.00. The van der Waals surface area contributed by atoms with Crippen molar-refractivity contribution >= 4 is 29.2 Å². The molecule has 0 fully saturated rings. The first-order chi connectivity index (χ1) is 15.8. The molecule has 0 bridgehead atoms. The molecule has 0 atom stereocenters. The minimum atomic E-state index is -0.161. The van der Waals surface area contributed by atoms with Crippen molar-refractivity contribution in [2.45, 2.75) is 33.7 Å². The van der Waals surface area contributed by atoms with Gasteiger partial charge in [-0.3, -0.25) is 14.6 Å². The van der Waals surface area contributed by atoms with E-state index in [1.165, 1.54) is 0 Å². The average Bonchev–Trinajstić information content (AvgIpc) is 3.26. The number of benzene rings is 1. The maximum Gasteiger partial charge on any atom is 0.256 e. The van der Waals surface area contributed by atoms with Crippen LogP contribution in [0.5, 0.6) is 0 Å². The summed E-state index contributed by atoms with van der Waals surface area (Å²) in [6, 6.07) is 10.1. The van der Waals surface area contributed by atoms with Crippen molar-refractivity contribution in [2.75, 3.05) is 18.4 Å². The van der Waals surface area contributed by atoms with Crippen molar-refractivity contribution in [2.24, 2.45) is 0 Å². The highest BCUT2D eigenvalue weighted by atomic mass is 16.2. The predicted molar refractivity (Wildman–Crippen MR) is 132 cm³/mol. The third-order valence-corrected chi connectivity index (χ3v) is 5.75. The summed E-state index contributed by atoms with van der Waals surface area (Å²) in [5, 5.41) is 9.20. The Morgan fingerprint density at radius 3 is 2.70 bits per heavy atom. The smallest absolute Gasteiger partial charge is 0.256 e. The maximum absolute atomic E-state index is 12.8. The van der Waals surface area contributed by atoms with Crippen molar-refractivity contribution in [1.29, 1.82) is 0 Å². The molecule has 0 spiro atoms. The van der Waals surface area contributed by atoms with Gasteiger partial charge in [-0.2, -0.15) is 0 Å². The predicted octanol–water partition coefficient (Wildman–Crippen LogP) is 3.91. The van der Waals surface area contributed by atoms with Crippen molar-refractivity contribution in [3.05, 3.63) is 70.8 Å². The van der Waals surface area contributed by atoms with Crippen LogP contribution in [-0.4, -0.2) is 40.9 Å². The Hall–Kier alpha value is -3.71. The van der Waals surface area contributed by atoms with Gasteiger partial charge in [0.1, 0.15) is 0 Å². The van der Waals surface area contributed by atoms with Gasteiger partial charge in [-0.15, -0.1) is 0 Å². The van der Waals surface area contributed by atoms with Gasteiger partial charge in [0.25, 0.3) is 11.8 Å². The zero-order chi connectivity index (χ0) is 23.5. The molecule has 7 nitrogen and oxygen atoms in total. The van der Waals surface area contributed by atoms with Crippen LogP contribution in [0.2, 0.25) is 0 Å². The molecule has 1 aromatic carbocycles. The third-order valence-electron chi connectivity index (χ3n) is 5.75. The molecule has 0 radical (unpaired) electrons. The fraction of sp³-hybridized carbons (Fsp3) is 0.269. The molecule has 0 aliphatic carbocycles. The summed E-state index contributed by atoms with van der Waals surface area (Å²) >= 11 is 0. The second kappa shape index (κ2) is 9.42. The van der Waals surface area contributed by atoms with Crippen molar-refractivity contribution < 1.29 is 9.59 Å². The standard InChI is InChI=1S/C26H29N5O2/c1-15(2)28-10-11-29-26(33)24-16(3)22(30-17(24)4)13-21-20-8-7-18(12-23(20)31-25(21)32)19-6-5-9-27-14-19/h5-9,12-15,28,30H,10-11H2,1-4H3,(H,29,33)(H,31,32).